The van der Waals surface area contributed by atoms with Gasteiger partial charge in [0.1, 0.15) is 18.1 Å². The molecule has 0 aliphatic heterocycles. The highest BCUT2D eigenvalue weighted by Gasteiger charge is 2.14. The first-order valence-corrected chi connectivity index (χ1v) is 8.16. The van der Waals surface area contributed by atoms with Crippen LogP contribution in [-0.4, -0.2) is 10.9 Å². The van der Waals surface area contributed by atoms with Gasteiger partial charge in [-0.1, -0.05) is 29.3 Å². The lowest BCUT2D eigenvalue weighted by Gasteiger charge is -2.04. The maximum Gasteiger partial charge on any atom is 0.338 e. The summed E-state index contributed by atoms with van der Waals surface area (Å²) >= 11 is 12.1. The molecule has 1 aromatic heterocycles. The summed E-state index contributed by atoms with van der Waals surface area (Å²) in [7, 11) is 0. The van der Waals surface area contributed by atoms with E-state index in [2.05, 4.69) is 0 Å². The standard InChI is InChI=1S/C18H11Cl2NO5/c19-15-3-1-2-14(17(15)20)16-9-8-13(26-16)10-25-18(22)11-4-6-12(7-5-11)21(23)24/h1-9H,10H2. The van der Waals surface area contributed by atoms with Crippen molar-refractivity contribution in [3.8, 4) is 11.3 Å². The number of hydrogen-bond donors (Lipinski definition) is 0. The van der Waals surface area contributed by atoms with E-state index in [1.165, 1.54) is 24.3 Å². The summed E-state index contributed by atoms with van der Waals surface area (Å²) in [5, 5.41) is 11.4. The van der Waals surface area contributed by atoms with E-state index in [4.69, 9.17) is 32.4 Å². The van der Waals surface area contributed by atoms with E-state index in [1.807, 2.05) is 0 Å². The maximum atomic E-state index is 12.0. The van der Waals surface area contributed by atoms with Crippen molar-refractivity contribution < 1.29 is 18.9 Å². The molecule has 0 bridgehead atoms. The van der Waals surface area contributed by atoms with Crippen LogP contribution in [0.4, 0.5) is 5.69 Å². The van der Waals surface area contributed by atoms with Gasteiger partial charge < -0.3 is 9.15 Å². The molecule has 2 aromatic carbocycles. The first-order valence-electron chi connectivity index (χ1n) is 7.40. The Morgan fingerprint density at radius 3 is 2.50 bits per heavy atom. The summed E-state index contributed by atoms with van der Waals surface area (Å²) in [5.74, 6) is 0.309. The number of ether oxygens (including phenoxy) is 1. The molecule has 0 amide bonds. The SMILES string of the molecule is O=C(OCc1ccc(-c2cccc(Cl)c2Cl)o1)c1ccc([N+](=O)[O-])cc1. The van der Waals surface area contributed by atoms with E-state index < -0.39 is 10.9 Å². The van der Waals surface area contributed by atoms with Gasteiger partial charge in [-0.25, -0.2) is 4.79 Å². The van der Waals surface area contributed by atoms with Crippen molar-refractivity contribution in [3.63, 3.8) is 0 Å². The summed E-state index contributed by atoms with van der Waals surface area (Å²) in [5.41, 5.74) is 0.739. The number of benzene rings is 2. The number of carbonyl (C=O) groups excluding carboxylic acids is 1. The van der Waals surface area contributed by atoms with Crippen molar-refractivity contribution in [1.82, 2.24) is 0 Å². The van der Waals surface area contributed by atoms with Gasteiger partial charge in [0.15, 0.2) is 0 Å². The van der Waals surface area contributed by atoms with Gasteiger partial charge in [0.05, 0.1) is 20.5 Å². The number of hydrogen-bond acceptors (Lipinski definition) is 5. The number of nitro benzene ring substituents is 1. The predicted molar refractivity (Wildman–Crippen MR) is 96.4 cm³/mol. The fraction of sp³-hybridized carbons (Fsp3) is 0.0556. The van der Waals surface area contributed by atoms with E-state index >= 15 is 0 Å². The second kappa shape index (κ2) is 7.59. The monoisotopic (exact) mass is 391 g/mol. The first kappa shape index (κ1) is 18.0. The van der Waals surface area contributed by atoms with Crippen molar-refractivity contribution in [2.75, 3.05) is 0 Å². The van der Waals surface area contributed by atoms with Gasteiger partial charge >= 0.3 is 5.97 Å². The molecule has 0 aliphatic carbocycles. The van der Waals surface area contributed by atoms with E-state index in [0.29, 0.717) is 27.1 Å². The fourth-order valence-electron chi connectivity index (χ4n) is 2.23. The van der Waals surface area contributed by atoms with Gasteiger partial charge in [0.2, 0.25) is 0 Å². The molecular weight excluding hydrogens is 381 g/mol. The van der Waals surface area contributed by atoms with E-state index in [1.54, 1.807) is 30.3 Å². The minimum Gasteiger partial charge on any atom is -0.457 e. The molecular formula is C18H11Cl2NO5. The molecule has 8 heteroatoms. The lowest BCUT2D eigenvalue weighted by Crippen LogP contribution is -2.04. The van der Waals surface area contributed by atoms with Crippen LogP contribution >= 0.6 is 23.2 Å². The van der Waals surface area contributed by atoms with Crippen molar-refractivity contribution in [2.24, 2.45) is 0 Å². The lowest BCUT2D eigenvalue weighted by atomic mass is 10.2. The summed E-state index contributed by atoms with van der Waals surface area (Å²) < 4.78 is 10.8. The number of nitro groups is 1. The highest BCUT2D eigenvalue weighted by atomic mass is 35.5. The molecule has 132 valence electrons. The Kier molecular flexibility index (Phi) is 5.25. The van der Waals surface area contributed by atoms with Crippen LogP contribution in [0.1, 0.15) is 16.1 Å². The van der Waals surface area contributed by atoms with Gasteiger partial charge in [0, 0.05) is 17.7 Å². The third-order valence-corrected chi connectivity index (χ3v) is 4.36. The fourth-order valence-corrected chi connectivity index (χ4v) is 2.63. The van der Waals surface area contributed by atoms with E-state index in [0.717, 1.165) is 0 Å². The Hall–Kier alpha value is -2.83. The largest absolute Gasteiger partial charge is 0.457 e. The second-order valence-corrected chi connectivity index (χ2v) is 6.03. The van der Waals surface area contributed by atoms with Gasteiger partial charge in [-0.2, -0.15) is 0 Å². The minimum absolute atomic E-state index is 0.0893. The van der Waals surface area contributed by atoms with E-state index in [9.17, 15) is 14.9 Å². The van der Waals surface area contributed by atoms with Gasteiger partial charge in [-0.05, 0) is 36.4 Å². The Balaban J connectivity index is 1.67. The molecule has 3 rings (SSSR count). The minimum atomic E-state index is -0.612. The Labute approximate surface area is 158 Å². The Morgan fingerprint density at radius 2 is 1.81 bits per heavy atom. The van der Waals surface area contributed by atoms with Crippen LogP contribution in [0.15, 0.2) is 59.0 Å². The molecule has 6 nitrogen and oxygen atoms in total. The zero-order chi connectivity index (χ0) is 18.7. The molecule has 0 saturated heterocycles. The van der Waals surface area contributed by atoms with Crippen LogP contribution in [0.2, 0.25) is 10.0 Å². The van der Waals surface area contributed by atoms with Crippen LogP contribution in [0.25, 0.3) is 11.3 Å². The van der Waals surface area contributed by atoms with Crippen LogP contribution in [0.3, 0.4) is 0 Å². The number of halogens is 2. The normalized spacial score (nSPS) is 10.5. The number of rotatable bonds is 5. The summed E-state index contributed by atoms with van der Waals surface area (Å²) in [6, 6.07) is 13.7. The first-order chi connectivity index (χ1) is 12.5. The van der Waals surface area contributed by atoms with Gasteiger partial charge in [-0.3, -0.25) is 10.1 Å². The highest BCUT2D eigenvalue weighted by molar-refractivity contribution is 6.43. The third kappa shape index (κ3) is 3.87. The molecule has 0 unspecified atom stereocenters. The smallest absolute Gasteiger partial charge is 0.338 e. The van der Waals surface area contributed by atoms with Gasteiger partial charge in [0.25, 0.3) is 5.69 Å². The molecule has 0 fully saturated rings. The molecule has 0 aliphatic rings. The zero-order valence-electron chi connectivity index (χ0n) is 13.1. The highest BCUT2D eigenvalue weighted by Crippen LogP contribution is 2.34. The zero-order valence-corrected chi connectivity index (χ0v) is 14.7. The summed E-state index contributed by atoms with van der Waals surface area (Å²) in [6.45, 7) is -0.0893. The number of nitrogens with zero attached hydrogens (tertiary/aromatic N) is 1. The molecule has 26 heavy (non-hydrogen) atoms. The Bertz CT molecular complexity index is 966. The third-order valence-electron chi connectivity index (χ3n) is 3.54. The van der Waals surface area contributed by atoms with Crippen LogP contribution in [0.5, 0.6) is 0 Å². The summed E-state index contributed by atoms with van der Waals surface area (Å²) in [6.07, 6.45) is 0. The van der Waals surface area contributed by atoms with E-state index in [-0.39, 0.29) is 17.9 Å². The average molecular weight is 392 g/mol. The second-order valence-electron chi connectivity index (χ2n) is 5.25. The quantitative estimate of drug-likeness (QED) is 0.324. The number of carbonyl (C=O) groups is 1. The molecule has 0 atom stereocenters. The molecule has 0 N–H and O–H groups in total. The Morgan fingerprint density at radius 1 is 1.08 bits per heavy atom. The molecule has 0 radical (unpaired) electrons. The van der Waals surface area contributed by atoms with Crippen molar-refractivity contribution in [3.05, 3.63) is 86.1 Å². The van der Waals surface area contributed by atoms with Crippen molar-refractivity contribution in [2.45, 2.75) is 6.61 Å². The molecule has 0 saturated carbocycles. The van der Waals surface area contributed by atoms with Crippen LogP contribution in [-0.2, 0) is 11.3 Å². The molecule has 0 spiro atoms. The van der Waals surface area contributed by atoms with Crippen molar-refractivity contribution >= 4 is 34.9 Å². The number of furan rings is 1. The molecule has 3 aromatic rings. The summed E-state index contributed by atoms with van der Waals surface area (Å²) in [4.78, 5) is 22.1. The van der Waals surface area contributed by atoms with Crippen LogP contribution in [0, 0.1) is 10.1 Å². The average Bonchev–Trinajstić information content (AvgIpc) is 3.11. The van der Waals surface area contributed by atoms with Crippen molar-refractivity contribution in [1.29, 1.82) is 0 Å². The maximum absolute atomic E-state index is 12.0. The number of non-ortho nitro benzene ring substituents is 1. The number of esters is 1. The molecule has 1 heterocycles. The predicted octanol–water partition coefficient (Wildman–Crippen LogP) is 5.52. The lowest BCUT2D eigenvalue weighted by molar-refractivity contribution is -0.384. The van der Waals surface area contributed by atoms with Crippen LogP contribution < -0.4 is 0 Å². The van der Waals surface area contributed by atoms with Gasteiger partial charge in [-0.15, -0.1) is 0 Å². The topological polar surface area (TPSA) is 82.6 Å².